The van der Waals surface area contributed by atoms with Gasteiger partial charge >= 0.3 is 0 Å². The van der Waals surface area contributed by atoms with Gasteiger partial charge in [-0.05, 0) is 30.5 Å². The Kier molecular flexibility index (Phi) is 5.80. The maximum atomic E-state index is 12.4. The Labute approximate surface area is 159 Å². The van der Waals surface area contributed by atoms with Crippen LogP contribution in [0.3, 0.4) is 0 Å². The molecule has 0 aliphatic heterocycles. The van der Waals surface area contributed by atoms with Gasteiger partial charge in [0.1, 0.15) is 5.01 Å². The molecule has 2 heterocycles. The predicted molar refractivity (Wildman–Crippen MR) is 103 cm³/mol. The molecule has 0 bridgehead atoms. The van der Waals surface area contributed by atoms with Gasteiger partial charge in [-0.15, -0.1) is 21.5 Å². The van der Waals surface area contributed by atoms with Crippen LogP contribution in [0.25, 0.3) is 0 Å². The predicted octanol–water partition coefficient (Wildman–Crippen LogP) is 3.11. The fourth-order valence-electron chi connectivity index (χ4n) is 2.23. The van der Waals surface area contributed by atoms with E-state index in [0.29, 0.717) is 15.0 Å². The van der Waals surface area contributed by atoms with E-state index in [1.807, 2.05) is 24.4 Å². The van der Waals surface area contributed by atoms with E-state index in [9.17, 15) is 13.2 Å². The lowest BCUT2D eigenvalue weighted by Gasteiger charge is -2.03. The van der Waals surface area contributed by atoms with Gasteiger partial charge in [-0.1, -0.05) is 35.1 Å². The first-order chi connectivity index (χ1) is 12.4. The molecule has 2 aromatic heterocycles. The Bertz CT molecular complexity index is 978. The number of anilines is 1. The van der Waals surface area contributed by atoms with E-state index < -0.39 is 9.84 Å². The molecule has 0 unspecified atom stereocenters. The minimum Gasteiger partial charge on any atom is -0.300 e. The van der Waals surface area contributed by atoms with Gasteiger partial charge in [-0.2, -0.15) is 0 Å². The Balaban J connectivity index is 1.56. The number of hydrogen-bond acceptors (Lipinski definition) is 7. The highest BCUT2D eigenvalue weighted by atomic mass is 32.2. The molecule has 1 amide bonds. The van der Waals surface area contributed by atoms with Crippen LogP contribution in [0.1, 0.15) is 15.4 Å². The molecule has 0 saturated carbocycles. The third-order valence-electron chi connectivity index (χ3n) is 3.59. The first-order valence-corrected chi connectivity index (χ1v) is 11.2. The SMILES string of the molecule is Cc1ccc(S(=O)(=O)CCc2nnc(NC(=O)Cc3cccs3)s2)cc1. The first kappa shape index (κ1) is 18.7. The highest BCUT2D eigenvalue weighted by Gasteiger charge is 2.16. The van der Waals surface area contributed by atoms with E-state index in [4.69, 9.17) is 0 Å². The third kappa shape index (κ3) is 4.96. The van der Waals surface area contributed by atoms with Crippen LogP contribution in [0.5, 0.6) is 0 Å². The summed E-state index contributed by atoms with van der Waals surface area (Å²) in [5.74, 6) is -0.212. The molecule has 0 saturated heterocycles. The zero-order valence-electron chi connectivity index (χ0n) is 14.0. The summed E-state index contributed by atoms with van der Waals surface area (Å²) in [6.45, 7) is 1.91. The molecule has 0 radical (unpaired) electrons. The number of hydrogen-bond donors (Lipinski definition) is 1. The minimum atomic E-state index is -3.37. The lowest BCUT2D eigenvalue weighted by atomic mass is 10.2. The molecule has 3 aromatic rings. The number of aryl methyl sites for hydroxylation is 2. The van der Waals surface area contributed by atoms with Crippen LogP contribution in [-0.4, -0.2) is 30.3 Å². The Hall–Kier alpha value is -2.10. The molecule has 136 valence electrons. The Morgan fingerprint density at radius 3 is 2.62 bits per heavy atom. The number of carbonyl (C=O) groups is 1. The number of sulfone groups is 1. The Morgan fingerprint density at radius 1 is 1.15 bits per heavy atom. The van der Waals surface area contributed by atoms with Gasteiger partial charge in [-0.3, -0.25) is 4.79 Å². The second-order valence-electron chi connectivity index (χ2n) is 5.69. The summed E-state index contributed by atoms with van der Waals surface area (Å²) in [6, 6.07) is 10.6. The topological polar surface area (TPSA) is 89.0 Å². The molecule has 1 N–H and O–H groups in total. The number of nitrogens with one attached hydrogen (secondary N) is 1. The first-order valence-electron chi connectivity index (χ1n) is 7.86. The van der Waals surface area contributed by atoms with Crippen LogP contribution in [-0.2, 0) is 27.5 Å². The second-order valence-corrected chi connectivity index (χ2v) is 9.89. The molecule has 0 aliphatic carbocycles. The largest absolute Gasteiger partial charge is 0.300 e. The highest BCUT2D eigenvalue weighted by Crippen LogP contribution is 2.19. The van der Waals surface area contributed by atoms with Crippen molar-refractivity contribution in [1.29, 1.82) is 0 Å². The van der Waals surface area contributed by atoms with Gasteiger partial charge in [0.2, 0.25) is 11.0 Å². The number of thiophene rings is 1. The molecule has 0 spiro atoms. The monoisotopic (exact) mass is 407 g/mol. The summed E-state index contributed by atoms with van der Waals surface area (Å²) in [5.41, 5.74) is 1.01. The number of carbonyl (C=O) groups excluding carboxylic acids is 1. The normalized spacial score (nSPS) is 11.4. The molecule has 3 rings (SSSR count). The van der Waals surface area contributed by atoms with Crippen LogP contribution < -0.4 is 5.32 Å². The summed E-state index contributed by atoms with van der Waals surface area (Å²) in [7, 11) is -3.37. The van der Waals surface area contributed by atoms with Crippen LogP contribution in [0.2, 0.25) is 0 Å². The van der Waals surface area contributed by atoms with Gasteiger partial charge in [0, 0.05) is 11.3 Å². The standard InChI is InChI=1S/C17H17N3O3S3/c1-12-4-6-14(7-5-12)26(22,23)10-8-16-19-20-17(25-16)18-15(21)11-13-3-2-9-24-13/h2-7,9H,8,10-11H2,1H3,(H,18,20,21). The molecule has 0 aliphatic rings. The van der Waals surface area contributed by atoms with Gasteiger partial charge in [0.05, 0.1) is 17.1 Å². The fraction of sp³-hybridized carbons (Fsp3) is 0.235. The van der Waals surface area contributed by atoms with E-state index in [0.717, 1.165) is 10.4 Å². The quantitative estimate of drug-likeness (QED) is 0.650. The van der Waals surface area contributed by atoms with Crippen LogP contribution in [0.4, 0.5) is 5.13 Å². The number of aromatic nitrogens is 2. The van der Waals surface area contributed by atoms with Crippen LogP contribution in [0.15, 0.2) is 46.7 Å². The van der Waals surface area contributed by atoms with Crippen molar-refractivity contribution in [2.45, 2.75) is 24.7 Å². The highest BCUT2D eigenvalue weighted by molar-refractivity contribution is 7.91. The second kappa shape index (κ2) is 8.07. The average molecular weight is 408 g/mol. The molecule has 0 fully saturated rings. The van der Waals surface area contributed by atoms with Crippen molar-refractivity contribution in [2.75, 3.05) is 11.1 Å². The van der Waals surface area contributed by atoms with Gasteiger partial charge in [0.15, 0.2) is 9.84 Å². The van der Waals surface area contributed by atoms with Gasteiger partial charge in [-0.25, -0.2) is 8.42 Å². The Morgan fingerprint density at radius 2 is 1.92 bits per heavy atom. The van der Waals surface area contributed by atoms with Crippen molar-refractivity contribution in [3.63, 3.8) is 0 Å². The minimum absolute atomic E-state index is 0.0478. The molecule has 0 atom stereocenters. The van der Waals surface area contributed by atoms with Gasteiger partial charge in [0.25, 0.3) is 0 Å². The van der Waals surface area contributed by atoms with E-state index in [1.165, 1.54) is 22.7 Å². The molecular formula is C17H17N3O3S3. The fourth-order valence-corrected chi connectivity index (χ4v) is 5.06. The zero-order valence-corrected chi connectivity index (χ0v) is 16.5. The van der Waals surface area contributed by atoms with Crippen molar-refractivity contribution in [2.24, 2.45) is 0 Å². The lowest BCUT2D eigenvalue weighted by molar-refractivity contribution is -0.115. The number of benzene rings is 1. The molecule has 9 heteroatoms. The summed E-state index contributed by atoms with van der Waals surface area (Å²) in [4.78, 5) is 13.2. The number of rotatable bonds is 7. The van der Waals surface area contributed by atoms with Crippen molar-refractivity contribution in [1.82, 2.24) is 10.2 Å². The van der Waals surface area contributed by atoms with Crippen LogP contribution in [0, 0.1) is 6.92 Å². The summed E-state index contributed by atoms with van der Waals surface area (Å²) in [5, 5.41) is 13.5. The molecule has 1 aromatic carbocycles. The van der Waals surface area contributed by atoms with Crippen LogP contribution >= 0.6 is 22.7 Å². The maximum absolute atomic E-state index is 12.4. The van der Waals surface area contributed by atoms with E-state index in [2.05, 4.69) is 15.5 Å². The van der Waals surface area contributed by atoms with E-state index in [1.54, 1.807) is 24.3 Å². The van der Waals surface area contributed by atoms with E-state index in [-0.39, 0.29) is 24.5 Å². The van der Waals surface area contributed by atoms with E-state index >= 15 is 0 Å². The molecule has 26 heavy (non-hydrogen) atoms. The van der Waals surface area contributed by atoms with Gasteiger partial charge < -0.3 is 5.32 Å². The zero-order chi connectivity index (χ0) is 18.6. The third-order valence-corrected chi connectivity index (χ3v) is 7.10. The molecule has 6 nitrogen and oxygen atoms in total. The summed E-state index contributed by atoms with van der Waals surface area (Å²) >= 11 is 2.71. The lowest BCUT2D eigenvalue weighted by Crippen LogP contribution is -2.13. The van der Waals surface area contributed by atoms with Crippen molar-refractivity contribution < 1.29 is 13.2 Å². The summed E-state index contributed by atoms with van der Waals surface area (Å²) < 4.78 is 24.7. The maximum Gasteiger partial charge on any atom is 0.231 e. The average Bonchev–Trinajstić information content (AvgIpc) is 3.25. The number of amides is 1. The van der Waals surface area contributed by atoms with Crippen molar-refractivity contribution >= 4 is 43.5 Å². The molecular weight excluding hydrogens is 390 g/mol. The van der Waals surface area contributed by atoms with Crippen molar-refractivity contribution in [3.05, 3.63) is 57.2 Å². The number of nitrogens with zero attached hydrogens (tertiary/aromatic N) is 2. The summed E-state index contributed by atoms with van der Waals surface area (Å²) in [6.07, 6.45) is 0.545. The van der Waals surface area contributed by atoms with Crippen molar-refractivity contribution in [3.8, 4) is 0 Å². The smallest absolute Gasteiger partial charge is 0.231 e.